The van der Waals surface area contributed by atoms with Crippen LogP contribution < -0.4 is 0 Å². The summed E-state index contributed by atoms with van der Waals surface area (Å²) in [4.78, 5) is 18.8. The molecule has 2 rings (SSSR count). The summed E-state index contributed by atoms with van der Waals surface area (Å²) in [6, 6.07) is 3.93. The molecular formula is C15H22N2O3. The van der Waals surface area contributed by atoms with E-state index in [9.17, 15) is 4.79 Å². The molecule has 1 aromatic rings. The van der Waals surface area contributed by atoms with Crippen molar-refractivity contribution in [1.82, 2.24) is 9.88 Å². The Hall–Kier alpha value is -1.46. The highest BCUT2D eigenvalue weighted by atomic mass is 16.5. The van der Waals surface area contributed by atoms with E-state index in [2.05, 4.69) is 4.98 Å². The number of carbonyl (C=O) groups excluding carboxylic acids is 1. The summed E-state index contributed by atoms with van der Waals surface area (Å²) in [6.45, 7) is 3.03. The first kappa shape index (κ1) is 14.9. The molecule has 2 heterocycles. The zero-order chi connectivity index (χ0) is 14.5. The summed E-state index contributed by atoms with van der Waals surface area (Å²) in [6.07, 6.45) is 3.55. The van der Waals surface area contributed by atoms with Gasteiger partial charge in [0, 0.05) is 26.1 Å². The standard InChI is InChI=1S/C15H22N2O3/c1-11-4-5-12(8-16-11)15(18)17-13(9-19-2)6-7-14(17)10-20-3/h4-5,8,13-14H,6-7,9-10H2,1-3H3. The van der Waals surface area contributed by atoms with Gasteiger partial charge in [0.1, 0.15) is 0 Å². The smallest absolute Gasteiger partial charge is 0.256 e. The predicted octanol–water partition coefficient (Wildman–Crippen LogP) is 1.66. The molecule has 0 aromatic carbocycles. The van der Waals surface area contributed by atoms with Crippen LogP contribution in [0, 0.1) is 6.92 Å². The zero-order valence-corrected chi connectivity index (χ0v) is 12.3. The van der Waals surface area contributed by atoms with Crippen LogP contribution in [0.1, 0.15) is 28.9 Å². The molecule has 0 spiro atoms. The molecule has 1 fully saturated rings. The number of hydrogen-bond donors (Lipinski definition) is 0. The number of aryl methyl sites for hydroxylation is 1. The number of aromatic nitrogens is 1. The lowest BCUT2D eigenvalue weighted by Gasteiger charge is -2.29. The van der Waals surface area contributed by atoms with Crippen molar-refractivity contribution in [2.24, 2.45) is 0 Å². The minimum atomic E-state index is 0.0131. The van der Waals surface area contributed by atoms with Crippen LogP contribution in [0.4, 0.5) is 0 Å². The van der Waals surface area contributed by atoms with Crippen LogP contribution in [0.15, 0.2) is 18.3 Å². The highest BCUT2D eigenvalue weighted by Crippen LogP contribution is 2.26. The maximum absolute atomic E-state index is 12.7. The fourth-order valence-corrected chi connectivity index (χ4v) is 2.75. The van der Waals surface area contributed by atoms with E-state index >= 15 is 0 Å². The van der Waals surface area contributed by atoms with Crippen molar-refractivity contribution in [2.45, 2.75) is 31.8 Å². The summed E-state index contributed by atoms with van der Waals surface area (Å²) in [5.74, 6) is 0.0131. The van der Waals surface area contributed by atoms with Crippen LogP contribution in [-0.2, 0) is 9.47 Å². The number of ether oxygens (including phenoxy) is 2. The third kappa shape index (κ3) is 3.16. The fourth-order valence-electron chi connectivity index (χ4n) is 2.75. The lowest BCUT2D eigenvalue weighted by Crippen LogP contribution is -2.44. The van der Waals surface area contributed by atoms with Gasteiger partial charge in [0.05, 0.1) is 30.9 Å². The minimum absolute atomic E-state index is 0.0131. The second kappa shape index (κ2) is 6.81. The topological polar surface area (TPSA) is 51.7 Å². The Morgan fingerprint density at radius 2 is 1.85 bits per heavy atom. The number of rotatable bonds is 5. The first-order valence-electron chi connectivity index (χ1n) is 6.90. The van der Waals surface area contributed by atoms with Gasteiger partial charge in [-0.3, -0.25) is 9.78 Å². The van der Waals surface area contributed by atoms with E-state index in [-0.39, 0.29) is 18.0 Å². The Bertz CT molecular complexity index is 433. The molecule has 1 aliphatic rings. The van der Waals surface area contributed by atoms with E-state index in [4.69, 9.17) is 9.47 Å². The number of carbonyl (C=O) groups is 1. The highest BCUT2D eigenvalue weighted by Gasteiger charge is 2.37. The quantitative estimate of drug-likeness (QED) is 0.822. The largest absolute Gasteiger partial charge is 0.383 e. The highest BCUT2D eigenvalue weighted by molar-refractivity contribution is 5.94. The van der Waals surface area contributed by atoms with Crippen LogP contribution in [0.2, 0.25) is 0 Å². The van der Waals surface area contributed by atoms with Gasteiger partial charge in [-0.25, -0.2) is 0 Å². The van der Waals surface area contributed by atoms with Crippen molar-refractivity contribution < 1.29 is 14.3 Å². The lowest BCUT2D eigenvalue weighted by molar-refractivity contribution is 0.0420. The molecule has 0 radical (unpaired) electrons. The van der Waals surface area contributed by atoms with Crippen LogP contribution in [0.5, 0.6) is 0 Å². The van der Waals surface area contributed by atoms with Crippen LogP contribution in [0.25, 0.3) is 0 Å². The van der Waals surface area contributed by atoms with E-state index in [0.29, 0.717) is 18.8 Å². The van der Waals surface area contributed by atoms with E-state index in [1.165, 1.54) is 0 Å². The van der Waals surface area contributed by atoms with Gasteiger partial charge < -0.3 is 14.4 Å². The molecule has 5 heteroatoms. The molecule has 2 unspecified atom stereocenters. The van der Waals surface area contributed by atoms with Crippen molar-refractivity contribution in [1.29, 1.82) is 0 Å². The molecule has 2 atom stereocenters. The average molecular weight is 278 g/mol. The minimum Gasteiger partial charge on any atom is -0.383 e. The summed E-state index contributed by atoms with van der Waals surface area (Å²) < 4.78 is 10.5. The number of amides is 1. The number of methoxy groups -OCH3 is 2. The molecule has 5 nitrogen and oxygen atoms in total. The van der Waals surface area contributed by atoms with Gasteiger partial charge >= 0.3 is 0 Å². The molecule has 1 aromatic heterocycles. The first-order chi connectivity index (χ1) is 9.67. The van der Waals surface area contributed by atoms with E-state index in [1.807, 2.05) is 24.0 Å². The molecule has 1 aliphatic heterocycles. The Labute approximate surface area is 119 Å². The molecule has 20 heavy (non-hydrogen) atoms. The first-order valence-corrected chi connectivity index (χ1v) is 6.90. The van der Waals surface area contributed by atoms with Crippen LogP contribution in [-0.4, -0.2) is 55.3 Å². The second-order valence-electron chi connectivity index (χ2n) is 5.20. The Morgan fingerprint density at radius 1 is 1.25 bits per heavy atom. The Kier molecular flexibility index (Phi) is 5.09. The van der Waals surface area contributed by atoms with E-state index in [1.54, 1.807) is 20.4 Å². The van der Waals surface area contributed by atoms with Crippen molar-refractivity contribution in [2.75, 3.05) is 27.4 Å². The van der Waals surface area contributed by atoms with Gasteiger partial charge in [-0.2, -0.15) is 0 Å². The van der Waals surface area contributed by atoms with E-state index in [0.717, 1.165) is 18.5 Å². The number of likely N-dealkylation sites (tertiary alicyclic amines) is 1. The number of nitrogens with zero attached hydrogens (tertiary/aromatic N) is 2. The average Bonchev–Trinajstić information content (AvgIpc) is 2.83. The van der Waals surface area contributed by atoms with Crippen molar-refractivity contribution in [3.8, 4) is 0 Å². The summed E-state index contributed by atoms with van der Waals surface area (Å²) >= 11 is 0. The monoisotopic (exact) mass is 278 g/mol. The third-order valence-corrected chi connectivity index (χ3v) is 3.73. The molecular weight excluding hydrogens is 256 g/mol. The van der Waals surface area contributed by atoms with Crippen LogP contribution >= 0.6 is 0 Å². The summed E-state index contributed by atoms with van der Waals surface area (Å²) in [5.41, 5.74) is 1.53. The molecule has 1 amide bonds. The van der Waals surface area contributed by atoms with Crippen molar-refractivity contribution in [3.63, 3.8) is 0 Å². The summed E-state index contributed by atoms with van der Waals surface area (Å²) in [5, 5.41) is 0. The lowest BCUT2D eigenvalue weighted by atomic mass is 10.2. The Morgan fingerprint density at radius 3 is 2.30 bits per heavy atom. The molecule has 0 bridgehead atoms. The number of hydrogen-bond acceptors (Lipinski definition) is 4. The molecule has 110 valence electrons. The Balaban J connectivity index is 2.19. The van der Waals surface area contributed by atoms with Gasteiger partial charge in [-0.05, 0) is 31.9 Å². The van der Waals surface area contributed by atoms with E-state index < -0.39 is 0 Å². The van der Waals surface area contributed by atoms with Crippen molar-refractivity contribution >= 4 is 5.91 Å². The van der Waals surface area contributed by atoms with Crippen LogP contribution in [0.3, 0.4) is 0 Å². The molecule has 1 saturated heterocycles. The number of pyridine rings is 1. The normalized spacial score (nSPS) is 22.2. The maximum atomic E-state index is 12.7. The predicted molar refractivity (Wildman–Crippen MR) is 75.7 cm³/mol. The van der Waals surface area contributed by atoms with Gasteiger partial charge in [-0.1, -0.05) is 0 Å². The fraction of sp³-hybridized carbons (Fsp3) is 0.600. The molecule has 0 saturated carbocycles. The van der Waals surface area contributed by atoms with Gasteiger partial charge in [0.15, 0.2) is 0 Å². The van der Waals surface area contributed by atoms with Gasteiger partial charge in [0.25, 0.3) is 5.91 Å². The van der Waals surface area contributed by atoms with Crippen molar-refractivity contribution in [3.05, 3.63) is 29.6 Å². The molecule has 0 N–H and O–H groups in total. The zero-order valence-electron chi connectivity index (χ0n) is 12.3. The second-order valence-corrected chi connectivity index (χ2v) is 5.20. The maximum Gasteiger partial charge on any atom is 0.256 e. The third-order valence-electron chi connectivity index (χ3n) is 3.73. The van der Waals surface area contributed by atoms with Gasteiger partial charge in [0.2, 0.25) is 0 Å². The van der Waals surface area contributed by atoms with Gasteiger partial charge in [-0.15, -0.1) is 0 Å². The SMILES string of the molecule is COCC1CCC(COC)N1C(=O)c1ccc(C)nc1. The summed E-state index contributed by atoms with van der Waals surface area (Å²) in [7, 11) is 3.33. The molecule has 0 aliphatic carbocycles.